The minimum atomic E-state index is -4.24. The van der Waals surface area contributed by atoms with E-state index >= 15 is 0 Å². The number of piperidine rings is 1. The van der Waals surface area contributed by atoms with Gasteiger partial charge in [0.2, 0.25) is 0 Å². The summed E-state index contributed by atoms with van der Waals surface area (Å²) in [4.78, 5) is 21.8. The first kappa shape index (κ1) is 19.8. The number of hydrogen-bond acceptors (Lipinski definition) is 6. The van der Waals surface area contributed by atoms with Crippen LogP contribution in [-0.4, -0.2) is 46.5 Å². The molecular formula is C18H21F3N4OS. The lowest BCUT2D eigenvalue weighted by Gasteiger charge is -2.31. The molecule has 27 heavy (non-hydrogen) atoms. The lowest BCUT2D eigenvalue weighted by Crippen LogP contribution is -2.36. The standard InChI is InChI=1S/C18H21F3N4OS/c1-12(26)11-25-6-3-13(4-7-25)14-2-5-22-16(8-14)24-17-23-10-15(27-17)9-18(19,20)21/h2,5,8,10,13H,3-4,6-7,9,11H2,1H3,(H,22,23,24). The summed E-state index contributed by atoms with van der Waals surface area (Å²) in [5.74, 6) is 1.14. The fourth-order valence-electron chi connectivity index (χ4n) is 3.26. The summed E-state index contributed by atoms with van der Waals surface area (Å²) in [6.07, 6.45) is -0.343. The molecule has 0 amide bonds. The van der Waals surface area contributed by atoms with Gasteiger partial charge in [0.25, 0.3) is 0 Å². The van der Waals surface area contributed by atoms with E-state index in [1.54, 1.807) is 13.1 Å². The van der Waals surface area contributed by atoms with Gasteiger partial charge in [-0.15, -0.1) is 11.3 Å². The summed E-state index contributed by atoms with van der Waals surface area (Å²) < 4.78 is 37.4. The van der Waals surface area contributed by atoms with Gasteiger partial charge in [-0.1, -0.05) is 0 Å². The highest BCUT2D eigenvalue weighted by atomic mass is 32.1. The van der Waals surface area contributed by atoms with Crippen LogP contribution in [0.1, 0.15) is 36.1 Å². The Kier molecular flexibility index (Phi) is 6.11. The number of ketones is 1. The van der Waals surface area contributed by atoms with Crippen molar-refractivity contribution in [1.29, 1.82) is 0 Å². The topological polar surface area (TPSA) is 58.1 Å². The zero-order chi connectivity index (χ0) is 19.4. The summed E-state index contributed by atoms with van der Waals surface area (Å²) in [7, 11) is 0. The molecule has 0 aromatic carbocycles. The lowest BCUT2D eigenvalue weighted by molar-refractivity contribution is -0.126. The highest BCUT2D eigenvalue weighted by molar-refractivity contribution is 7.15. The maximum Gasteiger partial charge on any atom is 0.393 e. The van der Waals surface area contributed by atoms with Gasteiger partial charge in [0.05, 0.1) is 13.0 Å². The van der Waals surface area contributed by atoms with Crippen LogP contribution in [0, 0.1) is 0 Å². The second-order valence-corrected chi connectivity index (χ2v) is 7.89. The van der Waals surface area contributed by atoms with Gasteiger partial charge in [-0.25, -0.2) is 9.97 Å². The number of Topliss-reactive ketones (excluding diaryl/α,β-unsaturated/α-hetero) is 1. The summed E-state index contributed by atoms with van der Waals surface area (Å²) in [6, 6.07) is 3.89. The van der Waals surface area contributed by atoms with Crippen LogP contribution in [0.5, 0.6) is 0 Å². The Hall–Kier alpha value is -2.00. The molecule has 0 bridgehead atoms. The average molecular weight is 398 g/mol. The van der Waals surface area contributed by atoms with Crippen molar-refractivity contribution in [2.24, 2.45) is 0 Å². The Morgan fingerprint density at radius 3 is 2.74 bits per heavy atom. The summed E-state index contributed by atoms with van der Waals surface area (Å²) in [5.41, 5.74) is 1.14. The van der Waals surface area contributed by atoms with E-state index in [0.717, 1.165) is 42.8 Å². The number of halogens is 3. The third kappa shape index (κ3) is 6.00. The van der Waals surface area contributed by atoms with Crippen molar-refractivity contribution in [1.82, 2.24) is 14.9 Å². The summed E-state index contributed by atoms with van der Waals surface area (Å²) in [5, 5.41) is 3.40. The Morgan fingerprint density at radius 2 is 2.07 bits per heavy atom. The highest BCUT2D eigenvalue weighted by Crippen LogP contribution is 2.31. The van der Waals surface area contributed by atoms with Crippen molar-refractivity contribution < 1.29 is 18.0 Å². The van der Waals surface area contributed by atoms with Crippen LogP contribution in [0.2, 0.25) is 0 Å². The van der Waals surface area contributed by atoms with Gasteiger partial charge in [0, 0.05) is 17.3 Å². The zero-order valence-corrected chi connectivity index (χ0v) is 15.7. The van der Waals surface area contributed by atoms with Gasteiger partial charge in [0.15, 0.2) is 5.13 Å². The molecule has 2 aromatic rings. The highest BCUT2D eigenvalue weighted by Gasteiger charge is 2.29. The number of thiazole rings is 1. The molecule has 5 nitrogen and oxygen atoms in total. The second kappa shape index (κ2) is 8.35. The van der Waals surface area contributed by atoms with Crippen LogP contribution >= 0.6 is 11.3 Å². The Bertz CT molecular complexity index is 785. The Labute approximate surface area is 159 Å². The lowest BCUT2D eigenvalue weighted by atomic mass is 9.90. The summed E-state index contributed by atoms with van der Waals surface area (Å²) in [6.45, 7) is 3.86. The molecule has 1 saturated heterocycles. The normalized spacial score (nSPS) is 16.4. The summed E-state index contributed by atoms with van der Waals surface area (Å²) >= 11 is 0.981. The zero-order valence-electron chi connectivity index (χ0n) is 14.9. The van der Waals surface area contributed by atoms with E-state index in [9.17, 15) is 18.0 Å². The Morgan fingerprint density at radius 1 is 1.33 bits per heavy atom. The first-order valence-electron chi connectivity index (χ1n) is 8.75. The van der Waals surface area contributed by atoms with Crippen LogP contribution in [0.4, 0.5) is 24.1 Å². The molecule has 3 rings (SSSR count). The number of alkyl halides is 3. The van der Waals surface area contributed by atoms with Crippen LogP contribution in [-0.2, 0) is 11.2 Å². The predicted octanol–water partition coefficient (Wildman–Crippen LogP) is 4.15. The number of aromatic nitrogens is 2. The van der Waals surface area contributed by atoms with E-state index in [1.165, 1.54) is 6.20 Å². The smallest absolute Gasteiger partial charge is 0.316 e. The second-order valence-electron chi connectivity index (χ2n) is 6.78. The third-order valence-corrected chi connectivity index (χ3v) is 5.37. The number of rotatable bonds is 6. The average Bonchev–Trinajstić information content (AvgIpc) is 3.00. The minimum absolute atomic E-state index is 0.166. The number of carbonyl (C=O) groups is 1. The van der Waals surface area contributed by atoms with Crippen LogP contribution < -0.4 is 5.32 Å². The molecule has 1 N–H and O–H groups in total. The molecule has 3 heterocycles. The van der Waals surface area contributed by atoms with Gasteiger partial charge in [-0.05, 0) is 56.5 Å². The van der Waals surface area contributed by atoms with Crippen LogP contribution in [0.25, 0.3) is 0 Å². The van der Waals surface area contributed by atoms with Gasteiger partial charge in [-0.3, -0.25) is 9.69 Å². The van der Waals surface area contributed by atoms with E-state index in [2.05, 4.69) is 20.2 Å². The quantitative estimate of drug-likeness (QED) is 0.792. The van der Waals surface area contributed by atoms with Crippen molar-refractivity contribution in [2.75, 3.05) is 25.0 Å². The van der Waals surface area contributed by atoms with Crippen molar-refractivity contribution >= 4 is 28.1 Å². The molecular weight excluding hydrogens is 377 g/mol. The molecule has 0 unspecified atom stereocenters. The van der Waals surface area contributed by atoms with E-state index < -0.39 is 12.6 Å². The molecule has 0 aliphatic carbocycles. The molecule has 1 aliphatic rings. The first-order valence-corrected chi connectivity index (χ1v) is 9.56. The first-order chi connectivity index (χ1) is 12.8. The Balaban J connectivity index is 1.60. The molecule has 1 aliphatic heterocycles. The SMILES string of the molecule is CC(=O)CN1CCC(c2ccnc(Nc3ncc(CC(F)(F)F)s3)c2)CC1. The molecule has 146 valence electrons. The monoisotopic (exact) mass is 398 g/mol. The van der Waals surface area contributed by atoms with Crippen LogP contribution in [0.15, 0.2) is 24.5 Å². The van der Waals surface area contributed by atoms with Gasteiger partial charge in [-0.2, -0.15) is 13.2 Å². The van der Waals surface area contributed by atoms with E-state index in [4.69, 9.17) is 0 Å². The molecule has 9 heteroatoms. The maximum atomic E-state index is 12.5. The molecule has 0 spiro atoms. The van der Waals surface area contributed by atoms with Gasteiger partial charge in [0.1, 0.15) is 11.6 Å². The van der Waals surface area contributed by atoms with Gasteiger partial charge >= 0.3 is 6.18 Å². The molecule has 0 radical (unpaired) electrons. The maximum absolute atomic E-state index is 12.5. The number of hydrogen-bond donors (Lipinski definition) is 1. The van der Waals surface area contributed by atoms with Crippen LogP contribution in [0.3, 0.4) is 0 Å². The number of nitrogens with one attached hydrogen (secondary N) is 1. The fourth-order valence-corrected chi connectivity index (χ4v) is 4.11. The largest absolute Gasteiger partial charge is 0.393 e. The molecule has 0 saturated carbocycles. The molecule has 1 fully saturated rings. The van der Waals surface area contributed by atoms with Crippen molar-refractivity contribution in [3.63, 3.8) is 0 Å². The number of likely N-dealkylation sites (tertiary alicyclic amines) is 1. The van der Waals surface area contributed by atoms with E-state index in [-0.39, 0.29) is 10.7 Å². The number of anilines is 2. The third-order valence-electron chi connectivity index (χ3n) is 4.45. The number of pyridine rings is 1. The minimum Gasteiger partial charge on any atom is -0.316 e. The van der Waals surface area contributed by atoms with Gasteiger partial charge < -0.3 is 5.32 Å². The van der Waals surface area contributed by atoms with Crippen molar-refractivity contribution in [3.8, 4) is 0 Å². The molecule has 2 aromatic heterocycles. The van der Waals surface area contributed by atoms with E-state index in [1.807, 2.05) is 12.1 Å². The van der Waals surface area contributed by atoms with Crippen molar-refractivity contribution in [3.05, 3.63) is 35.0 Å². The molecule has 0 atom stereocenters. The van der Waals surface area contributed by atoms with Crippen molar-refractivity contribution in [2.45, 2.75) is 38.3 Å². The number of nitrogens with zero attached hydrogens (tertiary/aromatic N) is 3. The number of carbonyl (C=O) groups excluding carboxylic acids is 1. The predicted molar refractivity (Wildman–Crippen MR) is 98.5 cm³/mol. The van der Waals surface area contributed by atoms with E-state index in [0.29, 0.717) is 23.4 Å². The fraction of sp³-hybridized carbons (Fsp3) is 0.500.